The molecule has 0 atom stereocenters. The van der Waals surface area contributed by atoms with Crippen LogP contribution in [0.1, 0.15) is 38.2 Å². The highest BCUT2D eigenvalue weighted by Gasteiger charge is 2.42. The van der Waals surface area contributed by atoms with Crippen molar-refractivity contribution in [3.05, 3.63) is 22.7 Å². The Labute approximate surface area is 125 Å². The van der Waals surface area contributed by atoms with Gasteiger partial charge in [-0.3, -0.25) is 0 Å². The van der Waals surface area contributed by atoms with E-state index < -0.39 is 10.0 Å². The van der Waals surface area contributed by atoms with E-state index in [0.29, 0.717) is 22.8 Å². The molecule has 1 aliphatic rings. The van der Waals surface area contributed by atoms with Crippen LogP contribution in [0.5, 0.6) is 0 Å². The molecule has 1 saturated carbocycles. The summed E-state index contributed by atoms with van der Waals surface area (Å²) in [5.41, 5.74) is 6.89. The molecule has 20 heavy (non-hydrogen) atoms. The Bertz CT molecular complexity index is 610. The van der Waals surface area contributed by atoms with E-state index in [1.807, 2.05) is 0 Å². The Kier molecular flexibility index (Phi) is 4.33. The summed E-state index contributed by atoms with van der Waals surface area (Å²) in [5, 5.41) is 0.336. The number of rotatable bonds is 6. The van der Waals surface area contributed by atoms with Crippen LogP contribution in [0.3, 0.4) is 0 Å². The third-order valence-electron chi connectivity index (χ3n) is 4.03. The smallest absolute Gasteiger partial charge is 0.240 e. The van der Waals surface area contributed by atoms with Crippen molar-refractivity contribution < 1.29 is 8.42 Å². The predicted molar refractivity (Wildman–Crippen MR) is 82.4 cm³/mol. The monoisotopic (exact) mass is 316 g/mol. The van der Waals surface area contributed by atoms with Gasteiger partial charge in [0.15, 0.2) is 0 Å². The summed E-state index contributed by atoms with van der Waals surface area (Å²) in [6.45, 7) is 4.31. The third-order valence-corrected chi connectivity index (χ3v) is 5.77. The second-order valence-electron chi connectivity index (χ2n) is 5.69. The topological polar surface area (TPSA) is 72.2 Å². The van der Waals surface area contributed by atoms with Gasteiger partial charge in [-0.1, -0.05) is 24.9 Å². The van der Waals surface area contributed by atoms with Gasteiger partial charge in [-0.05, 0) is 49.3 Å². The number of hydrogen-bond donors (Lipinski definition) is 2. The van der Waals surface area contributed by atoms with Gasteiger partial charge in [-0.15, -0.1) is 0 Å². The van der Waals surface area contributed by atoms with Crippen molar-refractivity contribution in [3.8, 4) is 0 Å². The van der Waals surface area contributed by atoms with Crippen molar-refractivity contribution in [1.29, 1.82) is 0 Å². The van der Waals surface area contributed by atoms with Gasteiger partial charge < -0.3 is 5.73 Å². The standard InChI is InChI=1S/C14H21ClN2O2S/c1-3-4-14(5-6-14)9-17-20(18,19)13-8-11(15)7-12(16)10(13)2/h7-8,17H,3-6,9,16H2,1-2H3. The first kappa shape index (κ1) is 15.6. The highest BCUT2D eigenvalue weighted by molar-refractivity contribution is 7.89. The number of halogens is 1. The summed E-state index contributed by atoms with van der Waals surface area (Å²) >= 11 is 5.91. The predicted octanol–water partition coefficient (Wildman–Crippen LogP) is 3.09. The van der Waals surface area contributed by atoms with Crippen molar-refractivity contribution in [3.63, 3.8) is 0 Å². The molecule has 0 amide bonds. The van der Waals surface area contributed by atoms with E-state index in [0.717, 1.165) is 25.7 Å². The molecule has 1 aliphatic carbocycles. The quantitative estimate of drug-likeness (QED) is 0.792. The van der Waals surface area contributed by atoms with Crippen LogP contribution in [0.2, 0.25) is 5.02 Å². The Balaban J connectivity index is 2.19. The number of anilines is 1. The lowest BCUT2D eigenvalue weighted by molar-refractivity contribution is 0.449. The van der Waals surface area contributed by atoms with Gasteiger partial charge in [0.1, 0.15) is 0 Å². The van der Waals surface area contributed by atoms with E-state index >= 15 is 0 Å². The number of nitrogens with one attached hydrogen (secondary N) is 1. The summed E-state index contributed by atoms with van der Waals surface area (Å²) < 4.78 is 27.5. The molecular weight excluding hydrogens is 296 g/mol. The van der Waals surface area contributed by atoms with Gasteiger partial charge in [0.05, 0.1) is 4.90 Å². The van der Waals surface area contributed by atoms with Gasteiger partial charge >= 0.3 is 0 Å². The van der Waals surface area contributed by atoms with Crippen LogP contribution >= 0.6 is 11.6 Å². The van der Waals surface area contributed by atoms with E-state index in [-0.39, 0.29) is 10.3 Å². The molecule has 3 N–H and O–H groups in total. The fourth-order valence-corrected chi connectivity index (χ4v) is 4.25. The minimum absolute atomic E-state index is 0.167. The van der Waals surface area contributed by atoms with Crippen LogP contribution in [-0.2, 0) is 10.0 Å². The lowest BCUT2D eigenvalue weighted by Crippen LogP contribution is -2.31. The molecule has 0 heterocycles. The summed E-state index contributed by atoms with van der Waals surface area (Å²) in [6.07, 6.45) is 4.33. The Morgan fingerprint density at radius 1 is 1.40 bits per heavy atom. The maximum Gasteiger partial charge on any atom is 0.240 e. The Morgan fingerprint density at radius 3 is 2.60 bits per heavy atom. The first-order valence-electron chi connectivity index (χ1n) is 6.85. The fraction of sp³-hybridized carbons (Fsp3) is 0.571. The maximum absolute atomic E-state index is 12.4. The highest BCUT2D eigenvalue weighted by atomic mass is 35.5. The molecule has 0 aromatic heterocycles. The molecule has 0 radical (unpaired) electrons. The second kappa shape index (κ2) is 5.54. The van der Waals surface area contributed by atoms with Crippen LogP contribution in [-0.4, -0.2) is 15.0 Å². The zero-order chi connectivity index (χ0) is 15.0. The second-order valence-corrected chi connectivity index (χ2v) is 7.86. The van der Waals surface area contributed by atoms with Gasteiger partial charge in [-0.25, -0.2) is 13.1 Å². The average Bonchev–Trinajstić information content (AvgIpc) is 3.12. The number of benzene rings is 1. The Morgan fingerprint density at radius 2 is 2.05 bits per heavy atom. The minimum Gasteiger partial charge on any atom is -0.398 e. The van der Waals surface area contributed by atoms with Crippen LogP contribution in [0, 0.1) is 12.3 Å². The number of nitrogen functional groups attached to an aromatic ring is 1. The van der Waals surface area contributed by atoms with Gasteiger partial charge in [0.2, 0.25) is 10.0 Å². The molecule has 0 spiro atoms. The van der Waals surface area contributed by atoms with E-state index in [4.69, 9.17) is 17.3 Å². The van der Waals surface area contributed by atoms with E-state index in [1.165, 1.54) is 6.07 Å². The molecule has 0 unspecified atom stereocenters. The van der Waals surface area contributed by atoms with Crippen LogP contribution in [0.4, 0.5) is 5.69 Å². The zero-order valence-electron chi connectivity index (χ0n) is 11.9. The SMILES string of the molecule is CCCC1(CNS(=O)(=O)c2cc(Cl)cc(N)c2C)CC1. The van der Waals surface area contributed by atoms with Crippen LogP contribution in [0.15, 0.2) is 17.0 Å². The summed E-state index contributed by atoms with van der Waals surface area (Å²) in [7, 11) is -3.56. The number of hydrogen-bond acceptors (Lipinski definition) is 3. The molecule has 0 saturated heterocycles. The molecule has 112 valence electrons. The zero-order valence-corrected chi connectivity index (χ0v) is 13.4. The van der Waals surface area contributed by atoms with Gasteiger partial charge in [-0.2, -0.15) is 0 Å². The summed E-state index contributed by atoms with van der Waals surface area (Å²) in [5.74, 6) is 0. The summed E-state index contributed by atoms with van der Waals surface area (Å²) in [6, 6.07) is 3.02. The first-order valence-corrected chi connectivity index (χ1v) is 8.71. The fourth-order valence-electron chi connectivity index (χ4n) is 2.50. The van der Waals surface area contributed by atoms with Gasteiger partial charge in [0, 0.05) is 17.3 Å². The normalized spacial score (nSPS) is 17.1. The van der Waals surface area contributed by atoms with Crippen LogP contribution < -0.4 is 10.5 Å². The highest BCUT2D eigenvalue weighted by Crippen LogP contribution is 2.49. The first-order chi connectivity index (χ1) is 9.30. The maximum atomic E-state index is 12.4. The van der Waals surface area contributed by atoms with Crippen molar-refractivity contribution in [2.75, 3.05) is 12.3 Å². The largest absolute Gasteiger partial charge is 0.398 e. The lowest BCUT2D eigenvalue weighted by Gasteiger charge is -2.16. The van der Waals surface area contributed by atoms with Crippen molar-refractivity contribution >= 4 is 27.3 Å². The molecule has 0 bridgehead atoms. The average molecular weight is 317 g/mol. The van der Waals surface area contributed by atoms with Crippen molar-refractivity contribution in [2.45, 2.75) is 44.4 Å². The van der Waals surface area contributed by atoms with E-state index in [2.05, 4.69) is 11.6 Å². The van der Waals surface area contributed by atoms with Crippen LogP contribution in [0.25, 0.3) is 0 Å². The van der Waals surface area contributed by atoms with E-state index in [1.54, 1.807) is 13.0 Å². The molecule has 4 nitrogen and oxygen atoms in total. The summed E-state index contributed by atoms with van der Waals surface area (Å²) in [4.78, 5) is 0.176. The molecule has 1 aromatic rings. The van der Waals surface area contributed by atoms with Gasteiger partial charge in [0.25, 0.3) is 0 Å². The molecule has 2 rings (SSSR count). The Hall–Kier alpha value is -0.780. The molecule has 1 aromatic carbocycles. The molecular formula is C14H21ClN2O2S. The third kappa shape index (κ3) is 3.27. The van der Waals surface area contributed by atoms with E-state index in [9.17, 15) is 8.42 Å². The van der Waals surface area contributed by atoms with Crippen molar-refractivity contribution in [1.82, 2.24) is 4.72 Å². The molecule has 0 aliphatic heterocycles. The molecule has 6 heteroatoms. The minimum atomic E-state index is -3.56. The molecule has 1 fully saturated rings. The number of sulfonamides is 1. The lowest BCUT2D eigenvalue weighted by atomic mass is 10.0. The number of nitrogens with two attached hydrogens (primary N) is 1. The van der Waals surface area contributed by atoms with Crippen molar-refractivity contribution in [2.24, 2.45) is 5.41 Å².